The minimum Gasteiger partial charge on any atom is -0.360 e. The van der Waals surface area contributed by atoms with Crippen molar-refractivity contribution in [2.75, 3.05) is 31.1 Å². The molecule has 2 heterocycles. The normalized spacial score (nSPS) is 21.4. The summed E-state index contributed by atoms with van der Waals surface area (Å²) in [6.45, 7) is 8.68. The van der Waals surface area contributed by atoms with Crippen molar-refractivity contribution in [3.63, 3.8) is 0 Å². The highest BCUT2D eigenvalue weighted by Crippen LogP contribution is 2.35. The maximum absolute atomic E-state index is 12.8. The van der Waals surface area contributed by atoms with Crippen LogP contribution in [0.5, 0.6) is 0 Å². The number of likely N-dealkylation sites (tertiary alicyclic amines) is 1. The van der Waals surface area contributed by atoms with Crippen LogP contribution >= 0.6 is 0 Å². The molecule has 2 aliphatic heterocycles. The van der Waals surface area contributed by atoms with E-state index in [1.54, 1.807) is 13.8 Å². The number of anilines is 1. The zero-order chi connectivity index (χ0) is 24.3. The van der Waals surface area contributed by atoms with E-state index in [4.69, 9.17) is 4.74 Å². The number of nitrogens with zero attached hydrogens (tertiary/aromatic N) is 2. The summed E-state index contributed by atoms with van der Waals surface area (Å²) in [5, 5.41) is -0.366. The fraction of sp³-hybridized carbons (Fsp3) is 0.519. The van der Waals surface area contributed by atoms with E-state index in [9.17, 15) is 13.2 Å². The van der Waals surface area contributed by atoms with E-state index in [1.165, 1.54) is 5.56 Å². The van der Waals surface area contributed by atoms with E-state index in [2.05, 4.69) is 11.0 Å². The molecule has 2 fully saturated rings. The summed E-state index contributed by atoms with van der Waals surface area (Å²) in [7, 11) is -3.10. The van der Waals surface area contributed by atoms with Crippen LogP contribution in [0.2, 0.25) is 0 Å². The molecular formula is C27H36N2O4S. The Kier molecular flexibility index (Phi) is 7.45. The fourth-order valence-electron chi connectivity index (χ4n) is 4.90. The molecule has 0 aliphatic carbocycles. The number of carbonyl (C=O) groups is 1. The van der Waals surface area contributed by atoms with Gasteiger partial charge in [-0.3, -0.25) is 4.79 Å². The molecule has 2 aromatic carbocycles. The molecule has 2 aromatic rings. The lowest BCUT2D eigenvalue weighted by Gasteiger charge is -2.49. The SMILES string of the molecule is CC1OC2(CCN(CCc3cccc(CS(=O)(=O)C(C)C)c3)CC2)CN(c2ccccc2)C1=O. The number of hydrogen-bond donors (Lipinski definition) is 0. The number of carbonyl (C=O) groups excluding carboxylic acids is 1. The van der Waals surface area contributed by atoms with Gasteiger partial charge in [-0.2, -0.15) is 0 Å². The molecule has 0 N–H and O–H groups in total. The molecule has 1 spiro atoms. The summed E-state index contributed by atoms with van der Waals surface area (Å²) < 4.78 is 30.8. The van der Waals surface area contributed by atoms with Gasteiger partial charge in [0.25, 0.3) is 5.91 Å². The first kappa shape index (κ1) is 24.9. The molecule has 6 nitrogen and oxygen atoms in total. The maximum Gasteiger partial charge on any atom is 0.255 e. The molecule has 184 valence electrons. The first-order chi connectivity index (χ1) is 16.2. The summed E-state index contributed by atoms with van der Waals surface area (Å²) in [6.07, 6.45) is 2.22. The molecule has 0 saturated carbocycles. The standard InChI is InChI=1S/C27H36N2O4S/c1-21(2)34(31,32)19-24-9-7-8-23(18-24)12-15-28-16-13-27(14-17-28)20-29(26(30)22(3)33-27)25-10-5-4-6-11-25/h4-11,18,21-22H,12-17,19-20H2,1-3H3. The minimum atomic E-state index is -3.10. The summed E-state index contributed by atoms with van der Waals surface area (Å²) in [5.41, 5.74) is 2.66. The Hall–Kier alpha value is -2.22. The number of rotatable bonds is 7. The van der Waals surface area contributed by atoms with Gasteiger partial charge in [0, 0.05) is 25.3 Å². The monoisotopic (exact) mass is 484 g/mol. The van der Waals surface area contributed by atoms with Crippen molar-refractivity contribution in [3.05, 3.63) is 65.7 Å². The molecule has 4 rings (SSSR count). The van der Waals surface area contributed by atoms with Gasteiger partial charge in [0.2, 0.25) is 0 Å². The third kappa shape index (κ3) is 5.70. The number of para-hydroxylation sites is 1. The average Bonchev–Trinajstić information content (AvgIpc) is 2.82. The first-order valence-electron chi connectivity index (χ1n) is 12.2. The van der Waals surface area contributed by atoms with Crippen LogP contribution < -0.4 is 4.90 Å². The molecular weight excluding hydrogens is 448 g/mol. The predicted octanol–water partition coefficient (Wildman–Crippen LogP) is 3.84. The third-order valence-corrected chi connectivity index (χ3v) is 9.29. The molecule has 7 heteroatoms. The number of hydrogen-bond acceptors (Lipinski definition) is 5. The Morgan fingerprint density at radius 1 is 1.03 bits per heavy atom. The maximum atomic E-state index is 12.8. The average molecular weight is 485 g/mol. The van der Waals surface area contributed by atoms with Crippen molar-refractivity contribution in [3.8, 4) is 0 Å². The second kappa shape index (κ2) is 10.2. The van der Waals surface area contributed by atoms with Crippen molar-refractivity contribution >= 4 is 21.4 Å². The number of sulfone groups is 1. The lowest BCUT2D eigenvalue weighted by Crippen LogP contribution is -2.61. The van der Waals surface area contributed by atoms with Crippen LogP contribution in [-0.2, 0) is 31.5 Å². The predicted molar refractivity (Wildman–Crippen MR) is 136 cm³/mol. The molecule has 1 unspecified atom stereocenters. The zero-order valence-corrected chi connectivity index (χ0v) is 21.3. The number of piperidine rings is 1. The Balaban J connectivity index is 1.34. The number of ether oxygens (including phenoxy) is 1. The van der Waals surface area contributed by atoms with Crippen LogP contribution in [0.3, 0.4) is 0 Å². The quantitative estimate of drug-likeness (QED) is 0.597. The van der Waals surface area contributed by atoms with Gasteiger partial charge in [-0.1, -0.05) is 42.5 Å². The van der Waals surface area contributed by atoms with Crippen LogP contribution in [0.4, 0.5) is 5.69 Å². The Bertz CT molecular complexity index is 1090. The molecule has 0 radical (unpaired) electrons. The van der Waals surface area contributed by atoms with E-state index < -0.39 is 15.9 Å². The van der Waals surface area contributed by atoms with Gasteiger partial charge < -0.3 is 14.5 Å². The topological polar surface area (TPSA) is 66.9 Å². The van der Waals surface area contributed by atoms with E-state index in [0.29, 0.717) is 6.54 Å². The van der Waals surface area contributed by atoms with Crippen LogP contribution in [0.25, 0.3) is 0 Å². The van der Waals surface area contributed by atoms with Crippen molar-refractivity contribution in [2.24, 2.45) is 0 Å². The summed E-state index contributed by atoms with van der Waals surface area (Å²) in [5.74, 6) is 0.121. The summed E-state index contributed by atoms with van der Waals surface area (Å²) >= 11 is 0. The van der Waals surface area contributed by atoms with Crippen molar-refractivity contribution in [1.29, 1.82) is 0 Å². The molecule has 34 heavy (non-hydrogen) atoms. The van der Waals surface area contributed by atoms with E-state index in [0.717, 1.165) is 50.1 Å². The van der Waals surface area contributed by atoms with Crippen LogP contribution in [0, 0.1) is 0 Å². The highest BCUT2D eigenvalue weighted by Gasteiger charge is 2.45. The minimum absolute atomic E-state index is 0.0265. The van der Waals surface area contributed by atoms with E-state index >= 15 is 0 Å². The second-order valence-electron chi connectivity index (χ2n) is 9.97. The van der Waals surface area contributed by atoms with E-state index in [1.807, 2.05) is 60.4 Å². The highest BCUT2D eigenvalue weighted by molar-refractivity contribution is 7.91. The molecule has 2 aliphatic rings. The highest BCUT2D eigenvalue weighted by atomic mass is 32.2. The smallest absolute Gasteiger partial charge is 0.255 e. The Labute approximate surface area is 203 Å². The fourth-order valence-corrected chi connectivity index (χ4v) is 5.87. The van der Waals surface area contributed by atoms with Gasteiger partial charge in [-0.25, -0.2) is 8.42 Å². The summed E-state index contributed by atoms with van der Waals surface area (Å²) in [6, 6.07) is 17.8. The lowest BCUT2D eigenvalue weighted by atomic mass is 9.88. The van der Waals surface area contributed by atoms with Crippen molar-refractivity contribution in [2.45, 2.75) is 62.7 Å². The molecule has 0 bridgehead atoms. The van der Waals surface area contributed by atoms with Crippen LogP contribution in [-0.4, -0.2) is 62.4 Å². The molecule has 1 amide bonds. The van der Waals surface area contributed by atoms with Crippen molar-refractivity contribution in [1.82, 2.24) is 4.90 Å². The van der Waals surface area contributed by atoms with Crippen molar-refractivity contribution < 1.29 is 17.9 Å². The van der Waals surface area contributed by atoms with Gasteiger partial charge >= 0.3 is 0 Å². The number of amides is 1. The molecule has 0 aromatic heterocycles. The van der Waals surface area contributed by atoms with Crippen LogP contribution in [0.1, 0.15) is 44.7 Å². The largest absolute Gasteiger partial charge is 0.360 e. The molecule has 2 saturated heterocycles. The number of benzene rings is 2. The van der Waals surface area contributed by atoms with Gasteiger partial charge in [-0.05, 0) is 63.3 Å². The van der Waals surface area contributed by atoms with Gasteiger partial charge in [-0.15, -0.1) is 0 Å². The van der Waals surface area contributed by atoms with Gasteiger partial charge in [0.15, 0.2) is 9.84 Å². The van der Waals surface area contributed by atoms with Crippen LogP contribution in [0.15, 0.2) is 54.6 Å². The lowest BCUT2D eigenvalue weighted by molar-refractivity contribution is -0.161. The Morgan fingerprint density at radius 3 is 2.38 bits per heavy atom. The summed E-state index contributed by atoms with van der Waals surface area (Å²) in [4.78, 5) is 17.1. The number of morpholine rings is 1. The second-order valence-corrected chi connectivity index (χ2v) is 12.5. The van der Waals surface area contributed by atoms with Gasteiger partial charge in [0.1, 0.15) is 6.10 Å². The zero-order valence-electron chi connectivity index (χ0n) is 20.4. The van der Waals surface area contributed by atoms with E-state index in [-0.39, 0.29) is 22.5 Å². The molecule has 1 atom stereocenters. The third-order valence-electron chi connectivity index (χ3n) is 7.12. The van der Waals surface area contributed by atoms with Gasteiger partial charge in [0.05, 0.1) is 23.1 Å². The first-order valence-corrected chi connectivity index (χ1v) is 13.9. The Morgan fingerprint density at radius 2 is 1.71 bits per heavy atom.